The highest BCUT2D eigenvalue weighted by molar-refractivity contribution is 7.89. The van der Waals surface area contributed by atoms with Crippen LogP contribution in [0, 0.1) is 34.6 Å². The number of sulfonamides is 1. The van der Waals surface area contributed by atoms with E-state index in [9.17, 15) is 31.2 Å². The van der Waals surface area contributed by atoms with E-state index >= 15 is 0 Å². The van der Waals surface area contributed by atoms with E-state index in [1.807, 2.05) is 34.6 Å². The lowest BCUT2D eigenvalue weighted by atomic mass is 9.95. The van der Waals surface area contributed by atoms with Gasteiger partial charge in [-0.1, -0.05) is 12.1 Å². The van der Waals surface area contributed by atoms with Crippen LogP contribution in [0.25, 0.3) is 0 Å². The fourth-order valence-corrected chi connectivity index (χ4v) is 7.37. The van der Waals surface area contributed by atoms with Crippen LogP contribution in [0.5, 0.6) is 11.5 Å². The monoisotopic (exact) mass is 647 g/mol. The Morgan fingerprint density at radius 3 is 2.00 bits per heavy atom. The second-order valence-corrected chi connectivity index (χ2v) is 12.8. The summed E-state index contributed by atoms with van der Waals surface area (Å²) < 4.78 is 79.3. The number of nitrogens with zero attached hydrogens (tertiary/aromatic N) is 2. The number of alkyl halides is 3. The molecule has 0 saturated carbocycles. The second-order valence-electron chi connectivity index (χ2n) is 10.9. The molecule has 1 fully saturated rings. The molecule has 1 aliphatic heterocycles. The van der Waals surface area contributed by atoms with Crippen molar-refractivity contribution < 1.29 is 40.7 Å². The van der Waals surface area contributed by atoms with E-state index in [-0.39, 0.29) is 49.1 Å². The zero-order valence-electron chi connectivity index (χ0n) is 26.0. The molecular formula is C32H36F3N3O6S. The molecule has 0 radical (unpaired) electrons. The number of rotatable bonds is 8. The van der Waals surface area contributed by atoms with E-state index in [1.165, 1.54) is 41.7 Å². The Hall–Kier alpha value is -4.10. The number of halogens is 3. The minimum atomic E-state index is -4.64. The zero-order chi connectivity index (χ0) is 33.3. The van der Waals surface area contributed by atoms with Gasteiger partial charge in [-0.25, -0.2) is 8.42 Å². The Morgan fingerprint density at radius 1 is 0.844 bits per heavy atom. The number of carbonyl (C=O) groups is 2. The third-order valence-corrected chi connectivity index (χ3v) is 10.5. The van der Waals surface area contributed by atoms with Crippen molar-refractivity contribution in [3.05, 3.63) is 81.4 Å². The number of amides is 2. The molecule has 242 valence electrons. The molecule has 9 nitrogen and oxygen atoms in total. The highest BCUT2D eigenvalue weighted by Gasteiger charge is 2.35. The van der Waals surface area contributed by atoms with Crippen LogP contribution in [0.3, 0.4) is 0 Å². The summed E-state index contributed by atoms with van der Waals surface area (Å²) in [6.07, 6.45) is -4.64. The van der Waals surface area contributed by atoms with Crippen LogP contribution in [0.1, 0.15) is 43.7 Å². The topological polar surface area (TPSA) is 105 Å². The molecule has 45 heavy (non-hydrogen) atoms. The zero-order valence-corrected chi connectivity index (χ0v) is 26.8. The minimum absolute atomic E-state index is 0.110. The van der Waals surface area contributed by atoms with Crippen molar-refractivity contribution in [2.24, 2.45) is 0 Å². The Balaban J connectivity index is 1.41. The lowest BCUT2D eigenvalue weighted by Crippen LogP contribution is -2.50. The predicted octanol–water partition coefficient (Wildman–Crippen LogP) is 5.42. The van der Waals surface area contributed by atoms with Gasteiger partial charge in [0.25, 0.3) is 11.8 Å². The van der Waals surface area contributed by atoms with Gasteiger partial charge in [-0.3, -0.25) is 9.59 Å². The summed E-state index contributed by atoms with van der Waals surface area (Å²) in [7, 11) is -2.44. The van der Waals surface area contributed by atoms with Gasteiger partial charge >= 0.3 is 6.18 Å². The van der Waals surface area contributed by atoms with Crippen molar-refractivity contribution in [2.45, 2.75) is 45.7 Å². The summed E-state index contributed by atoms with van der Waals surface area (Å²) in [6, 6.07) is 8.94. The van der Waals surface area contributed by atoms with Gasteiger partial charge in [0, 0.05) is 31.7 Å². The molecule has 0 aromatic heterocycles. The van der Waals surface area contributed by atoms with Crippen LogP contribution in [0.15, 0.2) is 47.4 Å². The van der Waals surface area contributed by atoms with Gasteiger partial charge in [0.1, 0.15) is 0 Å². The summed E-state index contributed by atoms with van der Waals surface area (Å²) in [5, 5.41) is 2.20. The molecule has 0 aliphatic carbocycles. The Bertz CT molecular complexity index is 1700. The molecule has 4 rings (SSSR count). The number of hydrogen-bond donors (Lipinski definition) is 1. The number of benzene rings is 3. The first-order valence-corrected chi connectivity index (χ1v) is 15.6. The number of hydrogen-bond acceptors (Lipinski definition) is 6. The predicted molar refractivity (Wildman–Crippen MR) is 163 cm³/mol. The fourth-order valence-electron chi connectivity index (χ4n) is 5.38. The Kier molecular flexibility index (Phi) is 9.83. The van der Waals surface area contributed by atoms with E-state index in [0.29, 0.717) is 4.90 Å². The van der Waals surface area contributed by atoms with Gasteiger partial charge in [0.15, 0.2) is 18.1 Å². The summed E-state index contributed by atoms with van der Waals surface area (Å²) >= 11 is 0. The number of ether oxygens (including phenoxy) is 2. The quantitative estimate of drug-likeness (QED) is 0.350. The SMILES string of the molecule is COc1cc(C(=O)N2CCN(S(=O)(=O)c3c(C)c(C)c(C)c(C)c3C)CC2)ccc1OCC(=O)Nc1ccccc1C(F)(F)F. The van der Waals surface area contributed by atoms with Crippen LogP contribution in [-0.4, -0.2) is 69.3 Å². The molecule has 1 N–H and O–H groups in total. The van der Waals surface area contributed by atoms with Gasteiger partial charge in [-0.05, 0) is 92.8 Å². The molecule has 0 bridgehead atoms. The van der Waals surface area contributed by atoms with E-state index in [1.54, 1.807) is 4.90 Å². The van der Waals surface area contributed by atoms with Gasteiger partial charge < -0.3 is 19.7 Å². The third kappa shape index (κ3) is 6.94. The molecule has 13 heteroatoms. The molecule has 0 unspecified atom stereocenters. The van der Waals surface area contributed by atoms with Crippen LogP contribution >= 0.6 is 0 Å². The molecule has 0 atom stereocenters. The summed E-state index contributed by atoms with van der Waals surface area (Å²) in [6.45, 7) is 9.48. The molecule has 0 spiro atoms. The molecule has 2 amide bonds. The summed E-state index contributed by atoms with van der Waals surface area (Å²) in [5.41, 5.74) is 3.30. The molecule has 3 aromatic rings. The van der Waals surface area contributed by atoms with Crippen LogP contribution in [-0.2, 0) is 21.0 Å². The Labute approximate surface area is 261 Å². The molecule has 1 saturated heterocycles. The highest BCUT2D eigenvalue weighted by atomic mass is 32.2. The van der Waals surface area contributed by atoms with Crippen molar-refractivity contribution in [3.63, 3.8) is 0 Å². The van der Waals surface area contributed by atoms with Crippen molar-refractivity contribution >= 4 is 27.5 Å². The molecular weight excluding hydrogens is 611 g/mol. The number of piperazine rings is 1. The minimum Gasteiger partial charge on any atom is -0.493 e. The number of para-hydroxylation sites is 1. The van der Waals surface area contributed by atoms with Crippen molar-refractivity contribution in [2.75, 3.05) is 45.2 Å². The van der Waals surface area contributed by atoms with Crippen LogP contribution in [0.2, 0.25) is 0 Å². The van der Waals surface area contributed by atoms with Crippen molar-refractivity contribution in [3.8, 4) is 11.5 Å². The van der Waals surface area contributed by atoms with Gasteiger partial charge in [-0.2, -0.15) is 17.5 Å². The first kappa shape index (κ1) is 33.8. The van der Waals surface area contributed by atoms with Gasteiger partial charge in [0.05, 0.1) is 23.3 Å². The van der Waals surface area contributed by atoms with E-state index < -0.39 is 40.0 Å². The normalized spacial score (nSPS) is 14.3. The smallest absolute Gasteiger partial charge is 0.418 e. The third-order valence-electron chi connectivity index (χ3n) is 8.33. The van der Waals surface area contributed by atoms with Crippen LogP contribution < -0.4 is 14.8 Å². The van der Waals surface area contributed by atoms with Gasteiger partial charge in [0.2, 0.25) is 10.0 Å². The standard InChI is InChI=1S/C32H36F3N3O6S/c1-19-20(2)22(4)30(23(5)21(19)3)45(41,42)38-15-13-37(14-16-38)31(40)24-11-12-27(28(17-24)43-6)44-18-29(39)36-26-10-8-7-9-25(26)32(33,34)35/h7-12,17H,13-16,18H2,1-6H3,(H,36,39). The summed E-state index contributed by atoms with van der Waals surface area (Å²) in [4.78, 5) is 27.6. The molecule has 1 heterocycles. The Morgan fingerprint density at radius 2 is 1.42 bits per heavy atom. The first-order valence-electron chi connectivity index (χ1n) is 14.2. The van der Waals surface area contributed by atoms with Gasteiger partial charge in [-0.15, -0.1) is 0 Å². The number of anilines is 1. The average Bonchev–Trinajstić information content (AvgIpc) is 3.01. The number of methoxy groups -OCH3 is 1. The lowest BCUT2D eigenvalue weighted by molar-refractivity contribution is -0.137. The van der Waals surface area contributed by atoms with E-state index in [2.05, 4.69) is 5.32 Å². The van der Waals surface area contributed by atoms with Crippen molar-refractivity contribution in [1.82, 2.24) is 9.21 Å². The number of carbonyl (C=O) groups excluding carboxylic acids is 2. The first-order chi connectivity index (χ1) is 21.1. The summed E-state index contributed by atoms with van der Waals surface area (Å²) in [5.74, 6) is -0.906. The maximum atomic E-state index is 13.7. The lowest BCUT2D eigenvalue weighted by Gasteiger charge is -2.35. The highest BCUT2D eigenvalue weighted by Crippen LogP contribution is 2.35. The van der Waals surface area contributed by atoms with Crippen LogP contribution in [0.4, 0.5) is 18.9 Å². The molecule has 3 aromatic carbocycles. The molecule has 1 aliphatic rings. The maximum Gasteiger partial charge on any atom is 0.418 e. The maximum absolute atomic E-state index is 13.7. The van der Waals surface area contributed by atoms with E-state index in [0.717, 1.165) is 39.9 Å². The number of nitrogens with one attached hydrogen (secondary N) is 1. The van der Waals surface area contributed by atoms with E-state index in [4.69, 9.17) is 9.47 Å². The fraction of sp³-hybridized carbons (Fsp3) is 0.375. The second kappa shape index (κ2) is 13.1. The van der Waals surface area contributed by atoms with Crippen molar-refractivity contribution in [1.29, 1.82) is 0 Å². The average molecular weight is 648 g/mol. The largest absolute Gasteiger partial charge is 0.493 e.